The summed E-state index contributed by atoms with van der Waals surface area (Å²) in [5, 5.41) is 0.967. The summed E-state index contributed by atoms with van der Waals surface area (Å²) in [5.41, 5.74) is 2.82. The smallest absolute Gasteiger partial charge is 0.291 e. The zero-order valence-electron chi connectivity index (χ0n) is 19.9. The van der Waals surface area contributed by atoms with Crippen molar-refractivity contribution >= 4 is 28.5 Å². The molecule has 0 saturated heterocycles. The summed E-state index contributed by atoms with van der Waals surface area (Å²) in [7, 11) is 1.54. The van der Waals surface area contributed by atoms with Crippen molar-refractivity contribution in [1.29, 1.82) is 0 Å². The van der Waals surface area contributed by atoms with Crippen molar-refractivity contribution in [3.8, 4) is 11.5 Å². The SMILES string of the molecule is C=CCOc1ccc(C2c3c(oc4ccc(C)cc4c3=O)C(=O)N2Cc2ccccc2Cl)cc1OC. The Morgan fingerprint density at radius 3 is 2.64 bits per heavy atom. The van der Waals surface area contributed by atoms with E-state index >= 15 is 0 Å². The molecule has 3 aromatic carbocycles. The highest BCUT2D eigenvalue weighted by molar-refractivity contribution is 6.31. The molecule has 1 aliphatic rings. The van der Waals surface area contributed by atoms with Gasteiger partial charge in [0.25, 0.3) is 5.91 Å². The fraction of sp³-hybridized carbons (Fsp3) is 0.172. The molecule has 1 aliphatic heterocycles. The number of aryl methyl sites for hydroxylation is 1. The third-order valence-electron chi connectivity index (χ3n) is 6.28. The molecule has 0 saturated carbocycles. The summed E-state index contributed by atoms with van der Waals surface area (Å²) >= 11 is 6.44. The van der Waals surface area contributed by atoms with Gasteiger partial charge in [-0.3, -0.25) is 9.59 Å². The quantitative estimate of drug-likeness (QED) is 0.287. The molecule has 0 N–H and O–H groups in total. The molecule has 1 atom stereocenters. The van der Waals surface area contributed by atoms with Gasteiger partial charge in [0.05, 0.1) is 24.1 Å². The Kier molecular flexibility index (Phi) is 6.29. The molecule has 7 heteroatoms. The van der Waals surface area contributed by atoms with Crippen molar-refractivity contribution in [2.24, 2.45) is 0 Å². The maximum atomic E-state index is 13.8. The number of methoxy groups -OCH3 is 1. The van der Waals surface area contributed by atoms with Crippen LogP contribution in [-0.4, -0.2) is 24.5 Å². The maximum Gasteiger partial charge on any atom is 0.291 e. The predicted octanol–water partition coefficient (Wildman–Crippen LogP) is 6.07. The lowest BCUT2D eigenvalue weighted by atomic mass is 9.97. The Hall–Kier alpha value is -4.03. The molecule has 0 fully saturated rings. The van der Waals surface area contributed by atoms with Crippen molar-refractivity contribution in [2.45, 2.75) is 19.5 Å². The van der Waals surface area contributed by atoms with Crippen molar-refractivity contribution in [2.75, 3.05) is 13.7 Å². The molecule has 6 nitrogen and oxygen atoms in total. The first-order valence-electron chi connectivity index (χ1n) is 11.5. The zero-order chi connectivity index (χ0) is 25.4. The van der Waals surface area contributed by atoms with Crippen LogP contribution >= 0.6 is 11.6 Å². The second-order valence-corrected chi connectivity index (χ2v) is 9.02. The minimum Gasteiger partial charge on any atom is -0.493 e. The van der Waals surface area contributed by atoms with Gasteiger partial charge in [0.1, 0.15) is 12.2 Å². The number of hydrogen-bond donors (Lipinski definition) is 0. The molecule has 4 aromatic rings. The highest BCUT2D eigenvalue weighted by Gasteiger charge is 2.43. The molecule has 1 aromatic heterocycles. The van der Waals surface area contributed by atoms with Crippen LogP contribution in [-0.2, 0) is 6.54 Å². The molecule has 0 radical (unpaired) electrons. The van der Waals surface area contributed by atoms with Crippen LogP contribution in [0.15, 0.2) is 82.5 Å². The molecule has 1 unspecified atom stereocenters. The lowest BCUT2D eigenvalue weighted by Gasteiger charge is -2.26. The summed E-state index contributed by atoms with van der Waals surface area (Å²) in [6.07, 6.45) is 1.64. The largest absolute Gasteiger partial charge is 0.493 e. The van der Waals surface area contributed by atoms with Crippen LogP contribution in [0.1, 0.15) is 38.9 Å². The van der Waals surface area contributed by atoms with Gasteiger partial charge in [0, 0.05) is 11.6 Å². The molecule has 0 spiro atoms. The standard InChI is InChI=1S/C29H24ClNO5/c1-4-13-35-23-12-10-18(15-24(23)34-3)26-25-27(32)20-14-17(2)9-11-22(20)36-28(25)29(33)31(26)16-19-7-5-6-8-21(19)30/h4-12,14-15,26H,1,13,16H2,2-3H3. The van der Waals surface area contributed by atoms with Crippen molar-refractivity contribution in [3.63, 3.8) is 0 Å². The number of ether oxygens (including phenoxy) is 2. The number of hydrogen-bond acceptors (Lipinski definition) is 5. The van der Waals surface area contributed by atoms with Crippen molar-refractivity contribution in [3.05, 3.63) is 117 Å². The number of nitrogens with zero attached hydrogens (tertiary/aromatic N) is 1. The van der Waals surface area contributed by atoms with Gasteiger partial charge >= 0.3 is 0 Å². The van der Waals surface area contributed by atoms with E-state index in [0.29, 0.717) is 45.2 Å². The molecule has 0 bridgehead atoms. The molecule has 182 valence electrons. The van der Waals surface area contributed by atoms with Crippen LogP contribution in [0, 0.1) is 6.92 Å². The van der Waals surface area contributed by atoms with E-state index in [1.807, 2.05) is 37.3 Å². The fourth-order valence-electron chi connectivity index (χ4n) is 4.58. The number of amides is 1. The first-order valence-corrected chi connectivity index (χ1v) is 11.8. The first kappa shape index (κ1) is 23.7. The summed E-state index contributed by atoms with van der Waals surface area (Å²) in [4.78, 5) is 29.1. The third-order valence-corrected chi connectivity index (χ3v) is 6.65. The minimum absolute atomic E-state index is 0.0411. The monoisotopic (exact) mass is 501 g/mol. The lowest BCUT2D eigenvalue weighted by molar-refractivity contribution is 0.0714. The van der Waals surface area contributed by atoms with Crippen LogP contribution in [0.4, 0.5) is 0 Å². The number of rotatable bonds is 7. The van der Waals surface area contributed by atoms with E-state index in [4.69, 9.17) is 25.5 Å². The second kappa shape index (κ2) is 9.55. The predicted molar refractivity (Wildman–Crippen MR) is 139 cm³/mol. The van der Waals surface area contributed by atoms with E-state index in [0.717, 1.165) is 11.1 Å². The van der Waals surface area contributed by atoms with Crippen molar-refractivity contribution < 1.29 is 18.7 Å². The Morgan fingerprint density at radius 2 is 1.89 bits per heavy atom. The normalized spacial score (nSPS) is 14.7. The van der Waals surface area contributed by atoms with Gasteiger partial charge in [-0.25, -0.2) is 0 Å². The molecule has 1 amide bonds. The van der Waals surface area contributed by atoms with Gasteiger partial charge in [-0.05, 0) is 48.4 Å². The van der Waals surface area contributed by atoms with Crippen LogP contribution < -0.4 is 14.9 Å². The van der Waals surface area contributed by atoms with Gasteiger partial charge in [0.15, 0.2) is 16.9 Å². The van der Waals surface area contributed by atoms with Gasteiger partial charge in [-0.1, -0.05) is 60.2 Å². The average molecular weight is 502 g/mol. The van der Waals surface area contributed by atoms with Crippen LogP contribution in [0.2, 0.25) is 5.02 Å². The summed E-state index contributed by atoms with van der Waals surface area (Å²) in [6.45, 7) is 6.09. The molecule has 2 heterocycles. The highest BCUT2D eigenvalue weighted by atomic mass is 35.5. The Bertz CT molecular complexity index is 1560. The van der Waals surface area contributed by atoms with Gasteiger partial charge in [0.2, 0.25) is 5.76 Å². The van der Waals surface area contributed by atoms with Crippen LogP contribution in [0.5, 0.6) is 11.5 Å². The molecule has 5 rings (SSSR count). The topological polar surface area (TPSA) is 69.0 Å². The molecular weight excluding hydrogens is 478 g/mol. The van der Waals surface area contributed by atoms with Crippen molar-refractivity contribution in [1.82, 2.24) is 4.90 Å². The second-order valence-electron chi connectivity index (χ2n) is 8.61. The van der Waals surface area contributed by atoms with Crippen LogP contribution in [0.3, 0.4) is 0 Å². The zero-order valence-corrected chi connectivity index (χ0v) is 20.7. The molecular formula is C29H24ClNO5. The van der Waals surface area contributed by atoms with E-state index in [1.54, 1.807) is 48.4 Å². The van der Waals surface area contributed by atoms with E-state index < -0.39 is 6.04 Å². The molecule has 0 aliphatic carbocycles. The minimum atomic E-state index is -0.702. The number of carbonyl (C=O) groups is 1. The number of benzene rings is 3. The summed E-state index contributed by atoms with van der Waals surface area (Å²) < 4.78 is 17.3. The lowest BCUT2D eigenvalue weighted by Crippen LogP contribution is -2.29. The summed E-state index contributed by atoms with van der Waals surface area (Å²) in [5.74, 6) is 0.679. The highest BCUT2D eigenvalue weighted by Crippen LogP contribution is 2.42. The Labute approximate surface area is 213 Å². The number of carbonyl (C=O) groups excluding carboxylic acids is 1. The van der Waals surface area contributed by atoms with E-state index in [1.165, 1.54) is 0 Å². The Morgan fingerprint density at radius 1 is 1.08 bits per heavy atom. The van der Waals surface area contributed by atoms with Crippen LogP contribution in [0.25, 0.3) is 11.0 Å². The van der Waals surface area contributed by atoms with E-state index in [9.17, 15) is 9.59 Å². The van der Waals surface area contributed by atoms with Gasteiger partial charge in [-0.2, -0.15) is 0 Å². The number of fused-ring (bicyclic) bond motifs is 2. The number of halogens is 1. The van der Waals surface area contributed by atoms with E-state index in [-0.39, 0.29) is 23.6 Å². The fourth-order valence-corrected chi connectivity index (χ4v) is 4.77. The third kappa shape index (κ3) is 4.03. The summed E-state index contributed by atoms with van der Waals surface area (Å²) in [6, 6.07) is 17.4. The van der Waals surface area contributed by atoms with E-state index in [2.05, 4.69) is 6.58 Å². The van der Waals surface area contributed by atoms with Gasteiger partial charge < -0.3 is 18.8 Å². The van der Waals surface area contributed by atoms with Gasteiger partial charge in [-0.15, -0.1) is 0 Å². The first-order chi connectivity index (χ1) is 17.4. The molecule has 36 heavy (non-hydrogen) atoms. The Balaban J connectivity index is 1.71. The average Bonchev–Trinajstić information content (AvgIpc) is 3.16. The maximum absolute atomic E-state index is 13.8.